The van der Waals surface area contributed by atoms with Crippen LogP contribution >= 0.6 is 12.2 Å². The molecule has 0 amide bonds. The van der Waals surface area contributed by atoms with Gasteiger partial charge in [0.2, 0.25) is 0 Å². The third kappa shape index (κ3) is 14.9. The van der Waals surface area contributed by atoms with E-state index in [9.17, 15) is 0 Å². The van der Waals surface area contributed by atoms with Crippen LogP contribution in [-0.4, -0.2) is 4.86 Å². The molecule has 0 fully saturated rings. The van der Waals surface area contributed by atoms with Crippen LogP contribution in [0.15, 0.2) is 449 Å². The summed E-state index contributed by atoms with van der Waals surface area (Å²) < 4.78 is 0. The van der Waals surface area contributed by atoms with Crippen molar-refractivity contribution >= 4 is 17.1 Å². The zero-order chi connectivity index (χ0) is 73.5. The van der Waals surface area contributed by atoms with E-state index in [2.05, 4.69) is 449 Å². The van der Waals surface area contributed by atoms with E-state index in [1.807, 2.05) is 0 Å². The molecule has 18 aromatic carbocycles. The minimum Gasteiger partial charge on any atom is -0.0788 e. The van der Waals surface area contributed by atoms with E-state index in [1.54, 1.807) is 0 Å². The molecular formula is C109H74S. The summed E-state index contributed by atoms with van der Waals surface area (Å²) in [5.74, 6) is 0. The molecule has 0 unspecified atom stereocenters. The fourth-order valence-corrected chi connectivity index (χ4v) is 15.6. The summed E-state index contributed by atoms with van der Waals surface area (Å²) in [5.41, 5.74) is 38.5. The van der Waals surface area contributed by atoms with Crippen molar-refractivity contribution in [2.75, 3.05) is 0 Å². The van der Waals surface area contributed by atoms with Gasteiger partial charge < -0.3 is 0 Å². The van der Waals surface area contributed by atoms with Gasteiger partial charge in [-0.05, 0) is 298 Å². The van der Waals surface area contributed by atoms with Gasteiger partial charge in [0.05, 0.1) is 4.86 Å². The summed E-state index contributed by atoms with van der Waals surface area (Å²) in [4.78, 5) is 0.752. The Bertz CT molecular complexity index is 5640. The van der Waals surface area contributed by atoms with Gasteiger partial charge in [-0.15, -0.1) is 0 Å². The predicted molar refractivity (Wildman–Crippen MR) is 471 cm³/mol. The van der Waals surface area contributed by atoms with Crippen LogP contribution in [0.4, 0.5) is 0 Å². The van der Waals surface area contributed by atoms with E-state index < -0.39 is 0 Å². The Morgan fingerprint density at radius 3 is 0.336 bits per heavy atom. The van der Waals surface area contributed by atoms with Crippen LogP contribution in [-0.2, 0) is 0 Å². The molecule has 516 valence electrons. The normalized spacial score (nSPS) is 11.1. The van der Waals surface area contributed by atoms with Crippen LogP contribution in [0.1, 0.15) is 11.1 Å². The maximum absolute atomic E-state index is 7.04. The standard InChI is InChI=1S/C109H74S/c110-109(107-71-103(99-53-21-49-95(65-99)91-45-17-41-87(61-91)83-37-13-33-79(57-83)75-25-5-1-6-26-75)69-104(72-107)100-54-22-50-96(66-100)92-46-18-42-88(62-92)84-38-14-34-80(58-84)76-27-7-2-8-28-76)108-73-105(101-55-23-51-97(67-101)93-47-19-43-89(63-93)85-39-15-35-81(59-85)77-29-9-3-10-30-77)70-106(74-108)102-56-24-52-98(68-102)94-48-20-44-90(64-94)86-40-16-36-82(60-86)78-31-11-4-12-32-78/h1-74H. The highest BCUT2D eigenvalue weighted by molar-refractivity contribution is 7.81. The zero-order valence-electron chi connectivity index (χ0n) is 60.6. The van der Waals surface area contributed by atoms with Crippen LogP contribution in [0.3, 0.4) is 0 Å². The summed E-state index contributed by atoms with van der Waals surface area (Å²) in [7, 11) is 0. The third-order valence-corrected chi connectivity index (χ3v) is 21.6. The van der Waals surface area contributed by atoms with Crippen molar-refractivity contribution in [3.63, 3.8) is 0 Å². The lowest BCUT2D eigenvalue weighted by Gasteiger charge is -2.16. The minimum absolute atomic E-state index is 0.752. The maximum atomic E-state index is 7.04. The number of thiocarbonyl (C=S) groups is 1. The Morgan fingerprint density at radius 1 is 0.100 bits per heavy atom. The SMILES string of the molecule is S=C(c1cc(-c2cccc(-c3cccc(-c4cccc(-c5ccccc5)c4)c3)c2)cc(-c2cccc(-c3cccc(-c4cccc(-c5ccccc5)c4)c3)c2)c1)c1cc(-c2cccc(-c3cccc(-c4cccc(-c5ccccc5)c4)c3)c2)cc(-c2cccc(-c3cccc(-c4cccc(-c5ccccc5)c4)c3)c2)c1. The first kappa shape index (κ1) is 67.9. The number of hydrogen-bond donors (Lipinski definition) is 0. The number of hydrogen-bond acceptors (Lipinski definition) is 1. The summed E-state index contributed by atoms with van der Waals surface area (Å²) in [6.07, 6.45) is 0. The van der Waals surface area contributed by atoms with E-state index in [-0.39, 0.29) is 0 Å². The molecule has 0 N–H and O–H groups in total. The van der Waals surface area contributed by atoms with Crippen molar-refractivity contribution < 1.29 is 0 Å². The second kappa shape index (κ2) is 30.9. The molecule has 0 aliphatic heterocycles. The fraction of sp³-hybridized carbons (Fsp3) is 0. The molecule has 110 heavy (non-hydrogen) atoms. The van der Waals surface area contributed by atoms with Crippen molar-refractivity contribution in [1.29, 1.82) is 0 Å². The van der Waals surface area contributed by atoms with Crippen LogP contribution < -0.4 is 0 Å². The van der Waals surface area contributed by atoms with Gasteiger partial charge in [-0.3, -0.25) is 0 Å². The Hall–Kier alpha value is -14.0. The zero-order valence-corrected chi connectivity index (χ0v) is 61.4. The van der Waals surface area contributed by atoms with E-state index in [4.69, 9.17) is 12.2 Å². The van der Waals surface area contributed by atoms with Gasteiger partial charge in [0, 0.05) is 0 Å². The smallest absolute Gasteiger partial charge is 0.0522 e. The number of rotatable bonds is 18. The molecule has 0 saturated heterocycles. The summed E-state index contributed by atoms with van der Waals surface area (Å²) in [5, 5.41) is 0. The summed E-state index contributed by atoms with van der Waals surface area (Å²) >= 11 is 7.04. The van der Waals surface area contributed by atoms with Crippen LogP contribution in [0.25, 0.3) is 178 Å². The van der Waals surface area contributed by atoms with Gasteiger partial charge in [-0.25, -0.2) is 0 Å². The predicted octanol–water partition coefficient (Wildman–Crippen LogP) is 30.1. The van der Waals surface area contributed by atoms with E-state index in [0.29, 0.717) is 0 Å². The molecule has 0 saturated carbocycles. The molecule has 0 aliphatic rings. The van der Waals surface area contributed by atoms with Crippen molar-refractivity contribution in [2.45, 2.75) is 0 Å². The van der Waals surface area contributed by atoms with Crippen LogP contribution in [0.5, 0.6) is 0 Å². The monoisotopic (exact) mass is 1410 g/mol. The largest absolute Gasteiger partial charge is 0.0788 e. The minimum atomic E-state index is 0.752. The molecule has 18 rings (SSSR count). The van der Waals surface area contributed by atoms with Crippen LogP contribution in [0.2, 0.25) is 0 Å². The molecule has 0 aromatic heterocycles. The summed E-state index contributed by atoms with van der Waals surface area (Å²) in [6.45, 7) is 0. The van der Waals surface area contributed by atoms with Crippen molar-refractivity contribution in [2.24, 2.45) is 0 Å². The Kier molecular flexibility index (Phi) is 19.1. The van der Waals surface area contributed by atoms with Crippen molar-refractivity contribution in [1.82, 2.24) is 0 Å². The fourth-order valence-electron chi connectivity index (χ4n) is 15.4. The van der Waals surface area contributed by atoms with Crippen molar-refractivity contribution in [3.8, 4) is 178 Å². The quantitative estimate of drug-likeness (QED) is 0.0609. The second-order valence-electron chi connectivity index (χ2n) is 28.4. The molecule has 0 bridgehead atoms. The van der Waals surface area contributed by atoms with Gasteiger partial charge in [0.25, 0.3) is 0 Å². The molecule has 0 aliphatic carbocycles. The lowest BCUT2D eigenvalue weighted by atomic mass is 9.88. The first-order valence-electron chi connectivity index (χ1n) is 37.7. The van der Waals surface area contributed by atoms with Gasteiger partial charge in [-0.1, -0.05) is 352 Å². The molecule has 1 heteroatoms. The highest BCUT2D eigenvalue weighted by Gasteiger charge is 2.18. The highest BCUT2D eigenvalue weighted by atomic mass is 32.1. The lowest BCUT2D eigenvalue weighted by molar-refractivity contribution is 1.53. The molecular weight excluding hydrogens is 1340 g/mol. The molecule has 0 nitrogen and oxygen atoms in total. The van der Waals surface area contributed by atoms with Crippen molar-refractivity contribution in [3.05, 3.63) is 460 Å². The Balaban J connectivity index is 0.754. The molecule has 0 spiro atoms. The average molecular weight is 1420 g/mol. The van der Waals surface area contributed by atoms with Gasteiger partial charge in [0.15, 0.2) is 0 Å². The molecule has 0 radical (unpaired) electrons. The second-order valence-corrected chi connectivity index (χ2v) is 28.8. The number of benzene rings is 18. The first-order chi connectivity index (χ1) is 54.3. The van der Waals surface area contributed by atoms with Gasteiger partial charge >= 0.3 is 0 Å². The lowest BCUT2D eigenvalue weighted by Crippen LogP contribution is -2.02. The molecule has 0 atom stereocenters. The van der Waals surface area contributed by atoms with E-state index in [1.165, 1.54) is 66.8 Å². The van der Waals surface area contributed by atoms with Gasteiger partial charge in [-0.2, -0.15) is 0 Å². The third-order valence-electron chi connectivity index (χ3n) is 21.2. The van der Waals surface area contributed by atoms with Crippen LogP contribution in [0, 0.1) is 0 Å². The first-order valence-corrected chi connectivity index (χ1v) is 38.1. The highest BCUT2D eigenvalue weighted by Crippen LogP contribution is 2.41. The van der Waals surface area contributed by atoms with Gasteiger partial charge in [0.1, 0.15) is 0 Å². The molecule has 0 heterocycles. The Labute approximate surface area is 650 Å². The average Bonchev–Trinajstić information content (AvgIpc) is 0.772. The summed E-state index contributed by atoms with van der Waals surface area (Å²) in [6, 6.07) is 164. The van der Waals surface area contributed by atoms with E-state index in [0.717, 1.165) is 127 Å². The molecule has 18 aromatic rings. The Morgan fingerprint density at radius 2 is 0.200 bits per heavy atom. The maximum Gasteiger partial charge on any atom is 0.0522 e. The topological polar surface area (TPSA) is 0 Å². The van der Waals surface area contributed by atoms with E-state index >= 15 is 0 Å².